The lowest BCUT2D eigenvalue weighted by Gasteiger charge is -2.30. The van der Waals surface area contributed by atoms with Crippen LogP contribution in [0.3, 0.4) is 0 Å². The molecule has 1 aromatic heterocycles. The third kappa shape index (κ3) is 2.46. The summed E-state index contributed by atoms with van der Waals surface area (Å²) in [6, 6.07) is 4.38. The molecule has 0 radical (unpaired) electrons. The van der Waals surface area contributed by atoms with Crippen LogP contribution in [0.5, 0.6) is 0 Å². The molecule has 1 saturated heterocycles. The average molecular weight is 288 g/mol. The first kappa shape index (κ1) is 13.5. The number of H-pyrrole nitrogens is 1. The van der Waals surface area contributed by atoms with Gasteiger partial charge < -0.3 is 4.90 Å². The van der Waals surface area contributed by atoms with Crippen LogP contribution in [0.15, 0.2) is 18.2 Å². The van der Waals surface area contributed by atoms with Crippen LogP contribution in [0.2, 0.25) is 0 Å². The van der Waals surface area contributed by atoms with Crippen LogP contribution in [0, 0.1) is 16.0 Å². The standard InChI is InChI=1S/C14H16N4O3/c1-9-3-2-6-17(8-9)14(19)13-11-7-10(18(20)21)4-5-12(11)15-16-13/h4-5,7,9H,2-3,6,8H2,1H3,(H,15,16)/t9-/m0/s1. The first-order chi connectivity index (χ1) is 10.1. The van der Waals surface area contributed by atoms with Crippen LogP contribution in [0.4, 0.5) is 5.69 Å². The van der Waals surface area contributed by atoms with E-state index in [0.717, 1.165) is 12.8 Å². The van der Waals surface area contributed by atoms with E-state index in [1.54, 1.807) is 11.0 Å². The molecule has 1 amide bonds. The zero-order valence-electron chi connectivity index (χ0n) is 11.7. The van der Waals surface area contributed by atoms with Crippen molar-refractivity contribution in [3.63, 3.8) is 0 Å². The molecule has 1 atom stereocenters. The SMILES string of the molecule is C[C@H]1CCCN(C(=O)c2n[nH]c3ccc([N+](=O)[O-])cc23)C1. The largest absolute Gasteiger partial charge is 0.337 e. The Labute approximate surface area is 121 Å². The number of nitro groups is 1. The Hall–Kier alpha value is -2.44. The summed E-state index contributed by atoms with van der Waals surface area (Å²) in [6.07, 6.45) is 2.10. The first-order valence-corrected chi connectivity index (χ1v) is 6.98. The number of piperidine rings is 1. The summed E-state index contributed by atoms with van der Waals surface area (Å²) < 4.78 is 0. The van der Waals surface area contributed by atoms with Gasteiger partial charge in [-0.3, -0.25) is 20.0 Å². The average Bonchev–Trinajstić information content (AvgIpc) is 2.89. The number of nitro benzene ring substituents is 1. The van der Waals surface area contributed by atoms with Crippen molar-refractivity contribution in [2.45, 2.75) is 19.8 Å². The van der Waals surface area contributed by atoms with Crippen LogP contribution in [-0.2, 0) is 0 Å². The molecule has 0 aliphatic carbocycles. The third-order valence-corrected chi connectivity index (χ3v) is 3.90. The summed E-state index contributed by atoms with van der Waals surface area (Å²) in [5.41, 5.74) is 0.863. The number of nitrogens with one attached hydrogen (secondary N) is 1. The molecule has 0 saturated carbocycles. The predicted octanol–water partition coefficient (Wildman–Crippen LogP) is 2.34. The van der Waals surface area contributed by atoms with Crippen molar-refractivity contribution in [1.29, 1.82) is 0 Å². The molecule has 1 aliphatic heterocycles. The molecule has 7 nitrogen and oxygen atoms in total. The molecule has 2 heterocycles. The van der Waals surface area contributed by atoms with E-state index in [0.29, 0.717) is 29.9 Å². The smallest absolute Gasteiger partial charge is 0.275 e. The van der Waals surface area contributed by atoms with Gasteiger partial charge in [-0.2, -0.15) is 5.10 Å². The highest BCUT2D eigenvalue weighted by Crippen LogP contribution is 2.24. The predicted molar refractivity (Wildman–Crippen MR) is 77.0 cm³/mol. The summed E-state index contributed by atoms with van der Waals surface area (Å²) in [5, 5.41) is 18.2. The normalized spacial score (nSPS) is 18.9. The summed E-state index contributed by atoms with van der Waals surface area (Å²) in [4.78, 5) is 24.8. The number of fused-ring (bicyclic) bond motifs is 1. The summed E-state index contributed by atoms with van der Waals surface area (Å²) in [6.45, 7) is 3.54. The number of benzene rings is 1. The number of nitrogens with zero attached hydrogens (tertiary/aromatic N) is 3. The lowest BCUT2D eigenvalue weighted by Crippen LogP contribution is -2.39. The maximum atomic E-state index is 12.6. The van der Waals surface area contributed by atoms with Crippen LogP contribution >= 0.6 is 0 Å². The molecule has 3 rings (SSSR count). The number of hydrogen-bond acceptors (Lipinski definition) is 4. The second kappa shape index (κ2) is 5.16. The third-order valence-electron chi connectivity index (χ3n) is 3.90. The van der Waals surface area contributed by atoms with E-state index in [4.69, 9.17) is 0 Å². The Kier molecular flexibility index (Phi) is 3.32. The Bertz CT molecular complexity index is 709. The van der Waals surface area contributed by atoms with Gasteiger partial charge in [-0.05, 0) is 24.8 Å². The number of hydrogen-bond donors (Lipinski definition) is 1. The maximum Gasteiger partial charge on any atom is 0.275 e. The van der Waals surface area contributed by atoms with Gasteiger partial charge in [-0.15, -0.1) is 0 Å². The minimum absolute atomic E-state index is 0.0371. The Morgan fingerprint density at radius 1 is 1.52 bits per heavy atom. The highest BCUT2D eigenvalue weighted by molar-refractivity contribution is 6.05. The van der Waals surface area contributed by atoms with Crippen LogP contribution in [-0.4, -0.2) is 39.0 Å². The molecule has 1 fully saturated rings. The first-order valence-electron chi connectivity index (χ1n) is 6.98. The Morgan fingerprint density at radius 2 is 2.33 bits per heavy atom. The van der Waals surface area contributed by atoms with Gasteiger partial charge >= 0.3 is 0 Å². The maximum absolute atomic E-state index is 12.6. The van der Waals surface area contributed by atoms with E-state index in [1.165, 1.54) is 12.1 Å². The number of amides is 1. The van der Waals surface area contributed by atoms with E-state index in [-0.39, 0.29) is 17.3 Å². The summed E-state index contributed by atoms with van der Waals surface area (Å²) >= 11 is 0. The van der Waals surface area contributed by atoms with Crippen molar-refractivity contribution >= 4 is 22.5 Å². The fourth-order valence-corrected chi connectivity index (χ4v) is 2.80. The van der Waals surface area contributed by atoms with Gasteiger partial charge in [0.2, 0.25) is 0 Å². The molecule has 1 aromatic carbocycles. The van der Waals surface area contributed by atoms with Gasteiger partial charge in [-0.25, -0.2) is 0 Å². The van der Waals surface area contributed by atoms with E-state index >= 15 is 0 Å². The lowest BCUT2D eigenvalue weighted by molar-refractivity contribution is -0.384. The van der Waals surface area contributed by atoms with Gasteiger partial charge in [0.25, 0.3) is 11.6 Å². The number of likely N-dealkylation sites (tertiary alicyclic amines) is 1. The quantitative estimate of drug-likeness (QED) is 0.678. The van der Waals surface area contributed by atoms with Crippen molar-refractivity contribution in [1.82, 2.24) is 15.1 Å². The molecule has 7 heteroatoms. The van der Waals surface area contributed by atoms with Crippen molar-refractivity contribution in [3.8, 4) is 0 Å². The highest BCUT2D eigenvalue weighted by atomic mass is 16.6. The second-order valence-electron chi connectivity index (χ2n) is 5.56. The molecule has 0 spiro atoms. The molecule has 1 N–H and O–H groups in total. The lowest BCUT2D eigenvalue weighted by atomic mass is 10.00. The molecule has 0 bridgehead atoms. The van der Waals surface area contributed by atoms with Gasteiger partial charge in [0.15, 0.2) is 5.69 Å². The second-order valence-corrected chi connectivity index (χ2v) is 5.56. The van der Waals surface area contributed by atoms with Gasteiger partial charge in [0.05, 0.1) is 10.4 Å². The van der Waals surface area contributed by atoms with Crippen LogP contribution in [0.25, 0.3) is 10.9 Å². The molecule has 2 aromatic rings. The highest BCUT2D eigenvalue weighted by Gasteiger charge is 2.25. The van der Waals surface area contributed by atoms with E-state index < -0.39 is 4.92 Å². The molecule has 21 heavy (non-hydrogen) atoms. The van der Waals surface area contributed by atoms with Gasteiger partial charge in [0, 0.05) is 30.6 Å². The molecule has 0 unspecified atom stereocenters. The number of rotatable bonds is 2. The van der Waals surface area contributed by atoms with Gasteiger partial charge in [0.1, 0.15) is 0 Å². The minimum atomic E-state index is -0.469. The monoisotopic (exact) mass is 288 g/mol. The zero-order valence-corrected chi connectivity index (χ0v) is 11.7. The Morgan fingerprint density at radius 3 is 3.05 bits per heavy atom. The molecule has 110 valence electrons. The van der Waals surface area contributed by atoms with Crippen LogP contribution < -0.4 is 0 Å². The topological polar surface area (TPSA) is 92.1 Å². The van der Waals surface area contributed by atoms with Crippen molar-refractivity contribution in [2.24, 2.45) is 5.92 Å². The summed E-state index contributed by atoms with van der Waals surface area (Å²) in [7, 11) is 0. The number of carbonyl (C=O) groups excluding carboxylic acids is 1. The van der Waals surface area contributed by atoms with Crippen molar-refractivity contribution in [2.75, 3.05) is 13.1 Å². The van der Waals surface area contributed by atoms with E-state index in [9.17, 15) is 14.9 Å². The van der Waals surface area contributed by atoms with Crippen molar-refractivity contribution < 1.29 is 9.72 Å². The van der Waals surface area contributed by atoms with E-state index in [2.05, 4.69) is 17.1 Å². The Balaban J connectivity index is 1.97. The summed E-state index contributed by atoms with van der Waals surface area (Å²) in [5.74, 6) is 0.315. The fourth-order valence-electron chi connectivity index (χ4n) is 2.80. The zero-order chi connectivity index (χ0) is 15.0. The minimum Gasteiger partial charge on any atom is -0.337 e. The van der Waals surface area contributed by atoms with Gasteiger partial charge in [-0.1, -0.05) is 6.92 Å². The molecular formula is C14H16N4O3. The van der Waals surface area contributed by atoms with E-state index in [1.807, 2.05) is 0 Å². The van der Waals surface area contributed by atoms with Crippen LogP contribution in [0.1, 0.15) is 30.3 Å². The van der Waals surface area contributed by atoms with Crippen molar-refractivity contribution in [3.05, 3.63) is 34.0 Å². The number of aromatic nitrogens is 2. The number of carbonyl (C=O) groups is 1. The molecular weight excluding hydrogens is 272 g/mol. The number of aromatic amines is 1. The number of non-ortho nitro benzene ring substituents is 1. The molecule has 1 aliphatic rings. The fraction of sp³-hybridized carbons (Fsp3) is 0.429.